The topological polar surface area (TPSA) is 108 Å². The van der Waals surface area contributed by atoms with Gasteiger partial charge in [-0.05, 0) is 43.7 Å². The molecule has 2 N–H and O–H groups in total. The molecule has 8 nitrogen and oxygen atoms in total. The largest absolute Gasteiger partial charge is 0.494 e. The maximum atomic E-state index is 12.9. The van der Waals surface area contributed by atoms with Gasteiger partial charge in [0.05, 0.1) is 22.7 Å². The van der Waals surface area contributed by atoms with Crippen LogP contribution in [0, 0.1) is 6.92 Å². The zero-order chi connectivity index (χ0) is 21.4. The highest BCUT2D eigenvalue weighted by Gasteiger charge is 2.29. The fourth-order valence-corrected chi connectivity index (χ4v) is 3.28. The molecule has 0 radical (unpaired) electrons. The zero-order valence-corrected chi connectivity index (χ0v) is 16.3. The lowest BCUT2D eigenvalue weighted by Gasteiger charge is -2.13. The standard InChI is InChI=1S/C22H18N4O4/c1-13-8-6-7-11-18(13)25-20(28)17(19(27)23-22(25)30)12-16-14(2)24-26(21(16)29)15-9-4-3-5-10-15/h3-12,28H,1-2H3,(H,23,27,30). The van der Waals surface area contributed by atoms with Gasteiger partial charge in [0, 0.05) is 0 Å². The minimum Gasteiger partial charge on any atom is -0.494 e. The van der Waals surface area contributed by atoms with Crippen LogP contribution >= 0.6 is 0 Å². The van der Waals surface area contributed by atoms with Crippen molar-refractivity contribution in [2.75, 3.05) is 5.01 Å². The number of benzene rings is 2. The molecule has 4 rings (SSSR count). The smallest absolute Gasteiger partial charge is 0.335 e. The normalized spacial score (nSPS) is 15.0. The summed E-state index contributed by atoms with van der Waals surface area (Å²) >= 11 is 0. The average Bonchev–Trinajstić information content (AvgIpc) is 3.01. The van der Waals surface area contributed by atoms with Crippen molar-refractivity contribution in [1.29, 1.82) is 0 Å². The molecule has 150 valence electrons. The molecular weight excluding hydrogens is 384 g/mol. The second kappa shape index (κ2) is 7.32. The summed E-state index contributed by atoms with van der Waals surface area (Å²) in [6, 6.07) is 15.8. The van der Waals surface area contributed by atoms with Gasteiger partial charge in [-0.15, -0.1) is 0 Å². The summed E-state index contributed by atoms with van der Waals surface area (Å²) in [6.45, 7) is 3.41. The Morgan fingerprint density at radius 3 is 2.33 bits per heavy atom. The fourth-order valence-electron chi connectivity index (χ4n) is 3.28. The Morgan fingerprint density at radius 1 is 0.967 bits per heavy atom. The first kappa shape index (κ1) is 19.1. The third kappa shape index (κ3) is 3.14. The number of aromatic amines is 1. The van der Waals surface area contributed by atoms with Crippen LogP contribution in [0.25, 0.3) is 11.8 Å². The van der Waals surface area contributed by atoms with Crippen molar-refractivity contribution >= 4 is 23.4 Å². The van der Waals surface area contributed by atoms with Crippen molar-refractivity contribution in [1.82, 2.24) is 9.55 Å². The van der Waals surface area contributed by atoms with Gasteiger partial charge in [0.25, 0.3) is 11.5 Å². The van der Waals surface area contributed by atoms with Crippen LogP contribution in [-0.4, -0.2) is 26.3 Å². The van der Waals surface area contributed by atoms with E-state index in [2.05, 4.69) is 10.1 Å². The number of aromatic nitrogens is 2. The van der Waals surface area contributed by atoms with Crippen molar-refractivity contribution in [2.45, 2.75) is 13.8 Å². The van der Waals surface area contributed by atoms with E-state index in [9.17, 15) is 19.5 Å². The molecule has 0 bridgehead atoms. The molecule has 1 aliphatic heterocycles. The van der Waals surface area contributed by atoms with Gasteiger partial charge in [-0.1, -0.05) is 36.4 Å². The van der Waals surface area contributed by atoms with Gasteiger partial charge in [-0.3, -0.25) is 14.6 Å². The Hall–Kier alpha value is -4.20. The molecule has 30 heavy (non-hydrogen) atoms. The maximum absolute atomic E-state index is 12.9. The van der Waals surface area contributed by atoms with Crippen molar-refractivity contribution in [2.24, 2.45) is 5.10 Å². The number of amides is 1. The van der Waals surface area contributed by atoms with Crippen LogP contribution in [0.4, 0.5) is 5.69 Å². The predicted octanol–water partition coefficient (Wildman–Crippen LogP) is 2.35. The van der Waals surface area contributed by atoms with Crippen molar-refractivity contribution < 1.29 is 9.90 Å². The highest BCUT2D eigenvalue weighted by atomic mass is 16.3. The SMILES string of the molecule is CC1=NN(c2ccccc2)C(=O)C1=Cc1c(O)n(-c2ccccc2C)c(=O)[nH]c1=O. The molecule has 2 heterocycles. The van der Waals surface area contributed by atoms with E-state index in [1.807, 2.05) is 6.07 Å². The number of nitrogens with one attached hydrogen (secondary N) is 1. The molecule has 0 aliphatic carbocycles. The number of hydrazone groups is 1. The van der Waals surface area contributed by atoms with Crippen molar-refractivity contribution in [3.63, 3.8) is 0 Å². The molecule has 1 aliphatic rings. The Kier molecular flexibility index (Phi) is 4.67. The summed E-state index contributed by atoms with van der Waals surface area (Å²) < 4.78 is 1.00. The van der Waals surface area contributed by atoms with E-state index in [1.54, 1.807) is 62.4 Å². The van der Waals surface area contributed by atoms with Gasteiger partial charge < -0.3 is 5.11 Å². The number of carbonyl (C=O) groups excluding carboxylic acids is 1. The van der Waals surface area contributed by atoms with Crippen LogP contribution in [0.3, 0.4) is 0 Å². The summed E-state index contributed by atoms with van der Waals surface area (Å²) in [5.41, 5.74) is 0.483. The molecule has 0 saturated carbocycles. The minimum absolute atomic E-state index is 0.148. The highest BCUT2D eigenvalue weighted by Crippen LogP contribution is 2.26. The van der Waals surface area contributed by atoms with E-state index in [0.717, 1.165) is 10.1 Å². The Morgan fingerprint density at radius 2 is 1.63 bits per heavy atom. The molecule has 3 aromatic rings. The summed E-state index contributed by atoms with van der Waals surface area (Å²) in [7, 11) is 0. The molecule has 1 amide bonds. The Bertz CT molecular complexity index is 1330. The van der Waals surface area contributed by atoms with Gasteiger partial charge in [0.1, 0.15) is 5.56 Å². The van der Waals surface area contributed by atoms with Crippen LogP contribution in [-0.2, 0) is 4.79 Å². The number of rotatable bonds is 3. The molecule has 0 saturated heterocycles. The molecule has 0 spiro atoms. The monoisotopic (exact) mass is 402 g/mol. The summed E-state index contributed by atoms with van der Waals surface area (Å²) in [4.78, 5) is 39.9. The number of hydrogen-bond acceptors (Lipinski definition) is 5. The number of carbonyl (C=O) groups is 1. The summed E-state index contributed by atoms with van der Waals surface area (Å²) in [5, 5.41) is 16.3. The lowest BCUT2D eigenvalue weighted by molar-refractivity contribution is -0.114. The number of hydrogen-bond donors (Lipinski definition) is 2. The van der Waals surface area contributed by atoms with Crippen LogP contribution in [0.1, 0.15) is 18.1 Å². The lowest BCUT2D eigenvalue weighted by atomic mass is 10.1. The van der Waals surface area contributed by atoms with E-state index in [-0.39, 0.29) is 11.1 Å². The van der Waals surface area contributed by atoms with Gasteiger partial charge in [0.2, 0.25) is 5.88 Å². The van der Waals surface area contributed by atoms with Crippen LogP contribution in [0.15, 0.2) is 74.9 Å². The molecule has 1 aromatic heterocycles. The van der Waals surface area contributed by atoms with Crippen molar-refractivity contribution in [3.8, 4) is 11.6 Å². The molecule has 8 heteroatoms. The van der Waals surface area contributed by atoms with Gasteiger partial charge in [-0.25, -0.2) is 9.36 Å². The third-order valence-corrected chi connectivity index (χ3v) is 4.83. The number of nitrogens with zero attached hydrogens (tertiary/aromatic N) is 3. The zero-order valence-electron chi connectivity index (χ0n) is 16.3. The first-order valence-electron chi connectivity index (χ1n) is 9.19. The van der Waals surface area contributed by atoms with E-state index >= 15 is 0 Å². The van der Waals surface area contributed by atoms with E-state index in [0.29, 0.717) is 17.1 Å². The number of para-hydroxylation sites is 2. The van der Waals surface area contributed by atoms with Crippen LogP contribution < -0.4 is 16.3 Å². The number of anilines is 1. The minimum atomic E-state index is -0.798. The first-order chi connectivity index (χ1) is 14.4. The van der Waals surface area contributed by atoms with Crippen LogP contribution in [0.5, 0.6) is 5.88 Å². The average molecular weight is 402 g/mol. The maximum Gasteiger partial charge on any atom is 0.335 e. The second-order valence-electron chi connectivity index (χ2n) is 6.81. The summed E-state index contributed by atoms with van der Waals surface area (Å²) in [6.07, 6.45) is 1.26. The van der Waals surface area contributed by atoms with Gasteiger partial charge in [0.15, 0.2) is 0 Å². The Balaban J connectivity index is 1.85. The highest BCUT2D eigenvalue weighted by molar-refractivity contribution is 6.32. The number of aromatic hydroxyl groups is 1. The first-order valence-corrected chi connectivity index (χ1v) is 9.19. The van der Waals surface area contributed by atoms with Gasteiger partial charge >= 0.3 is 5.69 Å². The van der Waals surface area contributed by atoms with Crippen molar-refractivity contribution in [3.05, 3.63) is 92.1 Å². The molecular formula is C22H18N4O4. The summed E-state index contributed by atoms with van der Waals surface area (Å²) in [5.74, 6) is -0.990. The van der Waals surface area contributed by atoms with Crippen LogP contribution in [0.2, 0.25) is 0 Å². The predicted molar refractivity (Wildman–Crippen MR) is 114 cm³/mol. The number of aryl methyl sites for hydroxylation is 1. The third-order valence-electron chi connectivity index (χ3n) is 4.83. The molecule has 0 unspecified atom stereocenters. The lowest BCUT2D eigenvalue weighted by Crippen LogP contribution is -2.31. The molecule has 2 aromatic carbocycles. The molecule has 0 fully saturated rings. The second-order valence-corrected chi connectivity index (χ2v) is 6.81. The van der Waals surface area contributed by atoms with E-state index in [1.165, 1.54) is 11.1 Å². The fraction of sp³-hybridized carbons (Fsp3) is 0.0909. The number of H-pyrrole nitrogens is 1. The Labute approximate surface area is 171 Å². The van der Waals surface area contributed by atoms with E-state index < -0.39 is 23.0 Å². The van der Waals surface area contributed by atoms with Gasteiger partial charge in [-0.2, -0.15) is 10.1 Å². The quantitative estimate of drug-likeness (QED) is 0.656. The molecule has 0 atom stereocenters. The van der Waals surface area contributed by atoms with E-state index in [4.69, 9.17) is 0 Å².